The normalized spacial score (nSPS) is 15.1. The van der Waals surface area contributed by atoms with E-state index in [0.29, 0.717) is 39.6 Å². The Bertz CT molecular complexity index is 530. The molecule has 0 bridgehead atoms. The highest BCUT2D eigenvalue weighted by Crippen LogP contribution is 2.26. The smallest absolute Gasteiger partial charge is 0.305 e. The van der Waals surface area contributed by atoms with Crippen LogP contribution in [0.3, 0.4) is 0 Å². The molecule has 0 aromatic heterocycles. The average molecular weight is 513 g/mol. The summed E-state index contributed by atoms with van der Waals surface area (Å²) in [7, 11) is 0. The van der Waals surface area contributed by atoms with E-state index in [1.807, 2.05) is 6.92 Å². The molecule has 6 nitrogen and oxygen atoms in total. The van der Waals surface area contributed by atoms with Crippen molar-refractivity contribution < 1.29 is 28.5 Å². The van der Waals surface area contributed by atoms with Crippen LogP contribution in [-0.2, 0) is 28.5 Å². The maximum absolute atomic E-state index is 12.0. The van der Waals surface area contributed by atoms with E-state index in [1.54, 1.807) is 0 Å². The minimum atomic E-state index is -0.279. The molecule has 1 fully saturated rings. The molecule has 0 unspecified atom stereocenters. The number of carbonyl (C=O) groups is 2. The van der Waals surface area contributed by atoms with Crippen molar-refractivity contribution in [2.75, 3.05) is 33.2 Å². The van der Waals surface area contributed by atoms with E-state index < -0.39 is 0 Å². The third kappa shape index (κ3) is 18.2. The molecule has 1 saturated heterocycles. The largest absolute Gasteiger partial charge is 0.466 e. The summed E-state index contributed by atoms with van der Waals surface area (Å²) in [6.45, 7) is 6.49. The molecule has 1 aliphatic heterocycles. The van der Waals surface area contributed by atoms with Crippen molar-refractivity contribution in [3.63, 3.8) is 0 Å². The van der Waals surface area contributed by atoms with Crippen LogP contribution in [0.1, 0.15) is 142 Å². The van der Waals surface area contributed by atoms with Crippen LogP contribution in [0.2, 0.25) is 0 Å². The Kier molecular flexibility index (Phi) is 21.0. The molecule has 0 saturated carbocycles. The standard InChI is InChI=1S/C30H56O6/c1-3-5-6-7-8-9-10-11-12-13-14-15-16-17-18-19-23-35-28(31)21-20-22-29(32)36-26-30(4-2)24-33-27-34-25-30/h3-27H2,1-2H3. The lowest BCUT2D eigenvalue weighted by molar-refractivity contribution is -0.187. The predicted octanol–water partition coefficient (Wildman–Crippen LogP) is 7.91. The molecular weight excluding hydrogens is 456 g/mol. The second kappa shape index (κ2) is 23.0. The van der Waals surface area contributed by atoms with E-state index in [9.17, 15) is 9.59 Å². The Morgan fingerprint density at radius 1 is 0.611 bits per heavy atom. The zero-order chi connectivity index (χ0) is 26.2. The van der Waals surface area contributed by atoms with Crippen LogP contribution in [0.4, 0.5) is 0 Å². The third-order valence-electron chi connectivity index (χ3n) is 7.30. The first-order chi connectivity index (χ1) is 17.6. The van der Waals surface area contributed by atoms with Crippen LogP contribution in [-0.4, -0.2) is 45.2 Å². The molecule has 36 heavy (non-hydrogen) atoms. The van der Waals surface area contributed by atoms with Gasteiger partial charge in [0.2, 0.25) is 0 Å². The Morgan fingerprint density at radius 2 is 1.06 bits per heavy atom. The van der Waals surface area contributed by atoms with Gasteiger partial charge in [-0.15, -0.1) is 0 Å². The highest BCUT2D eigenvalue weighted by atomic mass is 16.7. The maximum atomic E-state index is 12.0. The van der Waals surface area contributed by atoms with Crippen molar-refractivity contribution in [1.82, 2.24) is 0 Å². The fraction of sp³-hybridized carbons (Fsp3) is 0.933. The summed E-state index contributed by atoms with van der Waals surface area (Å²) >= 11 is 0. The SMILES string of the molecule is CCCCCCCCCCCCCCCCCCOC(=O)CCCC(=O)OCC1(CC)COCOC1. The van der Waals surface area contributed by atoms with Crippen LogP contribution >= 0.6 is 0 Å². The van der Waals surface area contributed by atoms with E-state index in [2.05, 4.69) is 6.92 Å². The Balaban J connectivity index is 1.82. The van der Waals surface area contributed by atoms with Gasteiger partial charge in [-0.3, -0.25) is 9.59 Å². The van der Waals surface area contributed by atoms with Crippen LogP contribution in [0.25, 0.3) is 0 Å². The van der Waals surface area contributed by atoms with Crippen molar-refractivity contribution in [3.05, 3.63) is 0 Å². The summed E-state index contributed by atoms with van der Waals surface area (Å²) in [6.07, 6.45) is 23.0. The van der Waals surface area contributed by atoms with E-state index in [4.69, 9.17) is 18.9 Å². The van der Waals surface area contributed by atoms with Gasteiger partial charge in [-0.1, -0.05) is 110 Å². The average Bonchev–Trinajstić information content (AvgIpc) is 2.90. The summed E-state index contributed by atoms with van der Waals surface area (Å²) in [5.41, 5.74) is -0.250. The minimum absolute atomic E-state index is 0.220. The zero-order valence-electron chi connectivity index (χ0n) is 23.6. The van der Waals surface area contributed by atoms with Crippen molar-refractivity contribution in [1.29, 1.82) is 0 Å². The monoisotopic (exact) mass is 512 g/mol. The van der Waals surface area contributed by atoms with Crippen LogP contribution < -0.4 is 0 Å². The summed E-state index contributed by atoms with van der Waals surface area (Å²) in [5, 5.41) is 0. The molecule has 0 radical (unpaired) electrons. The number of rotatable bonds is 24. The summed E-state index contributed by atoms with van der Waals surface area (Å²) in [5.74, 6) is -0.498. The molecule has 1 aliphatic rings. The maximum Gasteiger partial charge on any atom is 0.305 e. The Morgan fingerprint density at radius 3 is 1.53 bits per heavy atom. The lowest BCUT2D eigenvalue weighted by Gasteiger charge is -2.35. The van der Waals surface area contributed by atoms with Gasteiger partial charge in [0.1, 0.15) is 13.4 Å². The van der Waals surface area contributed by atoms with Crippen molar-refractivity contribution in [2.45, 2.75) is 142 Å². The second-order valence-electron chi connectivity index (χ2n) is 10.7. The molecular formula is C30H56O6. The number of esters is 2. The first kappa shape index (κ1) is 32.9. The van der Waals surface area contributed by atoms with Crippen molar-refractivity contribution >= 4 is 11.9 Å². The van der Waals surface area contributed by atoms with Crippen LogP contribution in [0.5, 0.6) is 0 Å². The molecule has 6 heteroatoms. The number of unbranched alkanes of at least 4 members (excludes halogenated alkanes) is 15. The van der Waals surface area contributed by atoms with Crippen LogP contribution in [0, 0.1) is 5.41 Å². The summed E-state index contributed by atoms with van der Waals surface area (Å²) in [6, 6.07) is 0. The van der Waals surface area contributed by atoms with Crippen LogP contribution in [0.15, 0.2) is 0 Å². The molecule has 0 aliphatic carbocycles. The second-order valence-corrected chi connectivity index (χ2v) is 10.7. The first-order valence-electron chi connectivity index (χ1n) is 15.1. The molecule has 0 amide bonds. The lowest BCUT2D eigenvalue weighted by atomic mass is 9.87. The van der Waals surface area contributed by atoms with Crippen molar-refractivity contribution in [3.8, 4) is 0 Å². The minimum Gasteiger partial charge on any atom is -0.466 e. The topological polar surface area (TPSA) is 71.1 Å². The zero-order valence-corrected chi connectivity index (χ0v) is 23.6. The van der Waals surface area contributed by atoms with E-state index in [0.717, 1.165) is 19.3 Å². The van der Waals surface area contributed by atoms with Gasteiger partial charge < -0.3 is 18.9 Å². The molecule has 0 aromatic carbocycles. The highest BCUT2D eigenvalue weighted by molar-refractivity contribution is 5.72. The summed E-state index contributed by atoms with van der Waals surface area (Å²) < 4.78 is 21.4. The van der Waals surface area contributed by atoms with Gasteiger partial charge in [0, 0.05) is 12.8 Å². The number of hydrogen-bond donors (Lipinski definition) is 0. The van der Waals surface area contributed by atoms with Gasteiger partial charge in [-0.25, -0.2) is 0 Å². The van der Waals surface area contributed by atoms with Gasteiger partial charge in [0.05, 0.1) is 25.2 Å². The molecule has 1 rings (SSSR count). The number of carbonyl (C=O) groups excluding carboxylic acids is 2. The molecule has 0 spiro atoms. The predicted molar refractivity (Wildman–Crippen MR) is 145 cm³/mol. The van der Waals surface area contributed by atoms with Crippen molar-refractivity contribution in [2.24, 2.45) is 5.41 Å². The van der Waals surface area contributed by atoms with E-state index >= 15 is 0 Å². The first-order valence-corrected chi connectivity index (χ1v) is 15.1. The van der Waals surface area contributed by atoms with E-state index in [-0.39, 0.29) is 30.2 Å². The molecule has 0 aromatic rings. The molecule has 212 valence electrons. The Hall–Kier alpha value is -1.14. The lowest BCUT2D eigenvalue weighted by Crippen LogP contribution is -2.41. The summed E-state index contributed by atoms with van der Waals surface area (Å²) in [4.78, 5) is 23.9. The van der Waals surface area contributed by atoms with Gasteiger partial charge in [0.25, 0.3) is 0 Å². The van der Waals surface area contributed by atoms with Gasteiger partial charge in [0.15, 0.2) is 0 Å². The molecule has 0 atom stereocenters. The number of ether oxygens (including phenoxy) is 4. The fourth-order valence-electron chi connectivity index (χ4n) is 4.60. The van der Waals surface area contributed by atoms with E-state index in [1.165, 1.54) is 89.9 Å². The Labute approximate surface area is 221 Å². The van der Waals surface area contributed by atoms with Gasteiger partial charge >= 0.3 is 11.9 Å². The van der Waals surface area contributed by atoms with Gasteiger partial charge in [-0.05, 0) is 19.3 Å². The van der Waals surface area contributed by atoms with Gasteiger partial charge in [-0.2, -0.15) is 0 Å². The fourth-order valence-corrected chi connectivity index (χ4v) is 4.60. The molecule has 1 heterocycles. The molecule has 0 N–H and O–H groups in total. The highest BCUT2D eigenvalue weighted by Gasteiger charge is 2.33. The third-order valence-corrected chi connectivity index (χ3v) is 7.30. The quantitative estimate of drug-likeness (QED) is 0.0966. The number of hydrogen-bond acceptors (Lipinski definition) is 6.